The minimum atomic E-state index is 0.467. The molecule has 0 aliphatic carbocycles. The SMILES string of the molecule is CC(C)c1nc2c(n1C)CCN(c1ccnc3ccsc13)C2. The number of hydrogen-bond donors (Lipinski definition) is 0. The van der Waals surface area contributed by atoms with Crippen molar-refractivity contribution in [3.63, 3.8) is 0 Å². The summed E-state index contributed by atoms with van der Waals surface area (Å²) < 4.78 is 3.58. The Morgan fingerprint density at radius 3 is 2.95 bits per heavy atom. The number of imidazole rings is 1. The molecule has 0 N–H and O–H groups in total. The summed E-state index contributed by atoms with van der Waals surface area (Å²) in [5.74, 6) is 1.66. The second-order valence-electron chi connectivity index (χ2n) is 6.21. The highest BCUT2D eigenvalue weighted by molar-refractivity contribution is 7.17. The quantitative estimate of drug-likeness (QED) is 0.723. The van der Waals surface area contributed by atoms with E-state index >= 15 is 0 Å². The van der Waals surface area contributed by atoms with E-state index in [0.717, 1.165) is 25.0 Å². The zero-order chi connectivity index (χ0) is 15.3. The fourth-order valence-corrected chi connectivity index (χ4v) is 4.27. The predicted octanol–water partition coefficient (Wildman–Crippen LogP) is 3.72. The van der Waals surface area contributed by atoms with E-state index in [4.69, 9.17) is 4.98 Å². The third-order valence-corrected chi connectivity index (χ3v) is 5.40. The van der Waals surface area contributed by atoms with Gasteiger partial charge in [-0.3, -0.25) is 4.98 Å². The summed E-state index contributed by atoms with van der Waals surface area (Å²) in [7, 11) is 2.15. The Hall–Kier alpha value is -1.88. The molecule has 0 spiro atoms. The first-order valence-electron chi connectivity index (χ1n) is 7.76. The second kappa shape index (κ2) is 5.09. The average molecular weight is 312 g/mol. The summed E-state index contributed by atoms with van der Waals surface area (Å²) in [5.41, 5.74) is 5.02. The molecular formula is C17H20N4S. The summed E-state index contributed by atoms with van der Waals surface area (Å²) >= 11 is 1.77. The van der Waals surface area contributed by atoms with E-state index in [9.17, 15) is 0 Å². The van der Waals surface area contributed by atoms with Crippen LogP contribution in [0.4, 0.5) is 5.69 Å². The zero-order valence-electron chi connectivity index (χ0n) is 13.2. The number of fused-ring (bicyclic) bond motifs is 2. The van der Waals surface area contributed by atoms with Gasteiger partial charge in [0.1, 0.15) is 5.82 Å². The molecule has 0 aromatic carbocycles. The first kappa shape index (κ1) is 13.8. The fourth-order valence-electron chi connectivity index (χ4n) is 3.38. The molecule has 1 aliphatic rings. The number of anilines is 1. The number of pyridine rings is 1. The van der Waals surface area contributed by atoms with Crippen LogP contribution in [0.3, 0.4) is 0 Å². The van der Waals surface area contributed by atoms with Crippen molar-refractivity contribution in [1.29, 1.82) is 0 Å². The van der Waals surface area contributed by atoms with Gasteiger partial charge in [-0.15, -0.1) is 11.3 Å². The average Bonchev–Trinajstić information content (AvgIpc) is 3.11. The van der Waals surface area contributed by atoms with Crippen molar-refractivity contribution in [2.45, 2.75) is 32.7 Å². The van der Waals surface area contributed by atoms with Crippen molar-refractivity contribution < 1.29 is 0 Å². The Balaban J connectivity index is 1.73. The Morgan fingerprint density at radius 2 is 2.14 bits per heavy atom. The predicted molar refractivity (Wildman–Crippen MR) is 91.7 cm³/mol. The number of rotatable bonds is 2. The monoisotopic (exact) mass is 312 g/mol. The summed E-state index contributed by atoms with van der Waals surface area (Å²) in [4.78, 5) is 11.8. The molecule has 114 valence electrons. The van der Waals surface area contributed by atoms with Crippen molar-refractivity contribution in [1.82, 2.24) is 14.5 Å². The summed E-state index contributed by atoms with van der Waals surface area (Å²) in [5, 5.41) is 2.12. The molecule has 0 fully saturated rings. The second-order valence-corrected chi connectivity index (χ2v) is 7.13. The third-order valence-electron chi connectivity index (χ3n) is 4.47. The third kappa shape index (κ3) is 2.03. The maximum Gasteiger partial charge on any atom is 0.111 e. The Morgan fingerprint density at radius 1 is 1.27 bits per heavy atom. The molecule has 0 saturated carbocycles. The van der Waals surface area contributed by atoms with Gasteiger partial charge in [-0.05, 0) is 17.5 Å². The number of thiophene rings is 1. The van der Waals surface area contributed by atoms with E-state index in [1.165, 1.54) is 27.6 Å². The minimum absolute atomic E-state index is 0.467. The van der Waals surface area contributed by atoms with Gasteiger partial charge < -0.3 is 9.47 Å². The minimum Gasteiger partial charge on any atom is -0.364 e. The van der Waals surface area contributed by atoms with Crippen LogP contribution >= 0.6 is 11.3 Å². The van der Waals surface area contributed by atoms with E-state index in [-0.39, 0.29) is 0 Å². The van der Waals surface area contributed by atoms with Crippen molar-refractivity contribution in [2.24, 2.45) is 7.05 Å². The smallest absolute Gasteiger partial charge is 0.111 e. The fraction of sp³-hybridized carbons (Fsp3) is 0.412. The lowest BCUT2D eigenvalue weighted by atomic mass is 10.1. The molecule has 0 unspecified atom stereocenters. The largest absolute Gasteiger partial charge is 0.364 e. The molecule has 0 radical (unpaired) electrons. The summed E-state index contributed by atoms with van der Waals surface area (Å²) in [6.45, 7) is 6.36. The molecule has 0 saturated heterocycles. The Kier molecular flexibility index (Phi) is 3.18. The van der Waals surface area contributed by atoms with Crippen LogP contribution in [0.25, 0.3) is 10.2 Å². The van der Waals surface area contributed by atoms with Gasteiger partial charge in [0, 0.05) is 37.8 Å². The van der Waals surface area contributed by atoms with E-state index in [0.29, 0.717) is 5.92 Å². The van der Waals surface area contributed by atoms with Crippen LogP contribution < -0.4 is 4.90 Å². The molecule has 5 heteroatoms. The normalized spacial score (nSPS) is 14.8. The first-order chi connectivity index (χ1) is 10.6. The van der Waals surface area contributed by atoms with E-state index in [1.54, 1.807) is 11.3 Å². The van der Waals surface area contributed by atoms with Crippen LogP contribution in [0, 0.1) is 0 Å². The van der Waals surface area contributed by atoms with Crippen LogP contribution in [0.5, 0.6) is 0 Å². The number of nitrogens with zero attached hydrogens (tertiary/aromatic N) is 4. The topological polar surface area (TPSA) is 34.0 Å². The summed E-state index contributed by atoms with van der Waals surface area (Å²) in [6.07, 6.45) is 2.97. The highest BCUT2D eigenvalue weighted by Gasteiger charge is 2.24. The van der Waals surface area contributed by atoms with Gasteiger partial charge in [0.15, 0.2) is 0 Å². The molecule has 1 aliphatic heterocycles. The molecule has 3 aromatic heterocycles. The van der Waals surface area contributed by atoms with Gasteiger partial charge >= 0.3 is 0 Å². The molecule has 4 rings (SSSR count). The van der Waals surface area contributed by atoms with Crippen molar-refractivity contribution in [3.05, 3.63) is 40.9 Å². The molecule has 4 heterocycles. The van der Waals surface area contributed by atoms with E-state index in [2.05, 4.69) is 52.9 Å². The van der Waals surface area contributed by atoms with Crippen LogP contribution in [0.15, 0.2) is 23.7 Å². The van der Waals surface area contributed by atoms with Gasteiger partial charge in [0.25, 0.3) is 0 Å². The van der Waals surface area contributed by atoms with E-state index < -0.39 is 0 Å². The summed E-state index contributed by atoms with van der Waals surface area (Å²) in [6, 6.07) is 4.23. The van der Waals surface area contributed by atoms with Crippen LogP contribution in [0.2, 0.25) is 0 Å². The van der Waals surface area contributed by atoms with Gasteiger partial charge in [-0.1, -0.05) is 13.8 Å². The molecule has 0 atom stereocenters. The molecule has 0 bridgehead atoms. The molecule has 22 heavy (non-hydrogen) atoms. The first-order valence-corrected chi connectivity index (χ1v) is 8.64. The highest BCUT2D eigenvalue weighted by Crippen LogP contribution is 2.33. The molecule has 0 amide bonds. The maximum absolute atomic E-state index is 4.90. The van der Waals surface area contributed by atoms with Crippen LogP contribution in [-0.2, 0) is 20.0 Å². The lowest BCUT2D eigenvalue weighted by Gasteiger charge is -2.29. The highest BCUT2D eigenvalue weighted by atomic mass is 32.1. The van der Waals surface area contributed by atoms with Crippen molar-refractivity contribution in [3.8, 4) is 0 Å². The van der Waals surface area contributed by atoms with Gasteiger partial charge in [-0.25, -0.2) is 4.98 Å². The molecular weight excluding hydrogens is 292 g/mol. The maximum atomic E-state index is 4.90. The zero-order valence-corrected chi connectivity index (χ0v) is 14.0. The lowest BCUT2D eigenvalue weighted by molar-refractivity contribution is 0.663. The number of aromatic nitrogens is 3. The van der Waals surface area contributed by atoms with Gasteiger partial charge in [-0.2, -0.15) is 0 Å². The van der Waals surface area contributed by atoms with Gasteiger partial charge in [0.2, 0.25) is 0 Å². The standard InChI is InChI=1S/C17H20N4S/c1-11(2)17-19-13-10-21(8-5-14(13)20(17)3)15-4-7-18-12-6-9-22-16(12)15/h4,6-7,9,11H,5,8,10H2,1-3H3. The molecule has 4 nitrogen and oxygen atoms in total. The lowest BCUT2D eigenvalue weighted by Crippen LogP contribution is -2.31. The number of hydrogen-bond acceptors (Lipinski definition) is 4. The van der Waals surface area contributed by atoms with Crippen molar-refractivity contribution in [2.75, 3.05) is 11.4 Å². The van der Waals surface area contributed by atoms with Crippen LogP contribution in [-0.4, -0.2) is 21.1 Å². The van der Waals surface area contributed by atoms with E-state index in [1.807, 2.05) is 6.20 Å². The molecule has 3 aromatic rings. The van der Waals surface area contributed by atoms with Crippen molar-refractivity contribution >= 4 is 27.2 Å². The Labute approximate surface area is 134 Å². The van der Waals surface area contributed by atoms with Gasteiger partial charge in [0.05, 0.1) is 28.1 Å². The Bertz CT molecular complexity index is 830. The van der Waals surface area contributed by atoms with Crippen LogP contribution in [0.1, 0.15) is 37.0 Å².